The lowest BCUT2D eigenvalue weighted by atomic mass is 10.3. The third-order valence-electron chi connectivity index (χ3n) is 2.99. The molecule has 0 amide bonds. The molecule has 1 aromatic carbocycles. The Kier molecular flexibility index (Phi) is 3.16. The second-order valence-electron chi connectivity index (χ2n) is 4.23. The molecule has 98 valence electrons. The van der Waals surface area contributed by atoms with Gasteiger partial charge >= 0.3 is 0 Å². The van der Waals surface area contributed by atoms with E-state index in [1.165, 1.54) is 0 Å². The number of imidazole rings is 1. The zero-order valence-electron chi connectivity index (χ0n) is 10.3. The molecule has 1 N–H and O–H groups in total. The number of hydrogen-bond donors (Lipinski definition) is 1. The minimum absolute atomic E-state index is 0.475. The number of rotatable bonds is 3. The summed E-state index contributed by atoms with van der Waals surface area (Å²) < 4.78 is 8.13. The number of nitrogens with zero attached hydrogens (tertiary/aromatic N) is 2. The van der Waals surface area contributed by atoms with E-state index in [0.29, 0.717) is 22.2 Å². The molecular weight excluding hydrogens is 282 g/mol. The van der Waals surface area contributed by atoms with Crippen molar-refractivity contribution in [2.75, 3.05) is 0 Å². The van der Waals surface area contributed by atoms with E-state index in [1.807, 2.05) is 29.7 Å². The van der Waals surface area contributed by atoms with Gasteiger partial charge in [0.25, 0.3) is 0 Å². The minimum Gasteiger partial charge on any atom is -0.444 e. The van der Waals surface area contributed by atoms with Gasteiger partial charge in [-0.05, 0) is 24.4 Å². The van der Waals surface area contributed by atoms with Gasteiger partial charge in [0, 0.05) is 6.42 Å². The van der Waals surface area contributed by atoms with E-state index in [9.17, 15) is 0 Å². The third kappa shape index (κ3) is 2.19. The van der Waals surface area contributed by atoms with Crippen LogP contribution in [0.3, 0.4) is 0 Å². The highest BCUT2D eigenvalue weighted by molar-refractivity contribution is 7.71. The Morgan fingerprint density at radius 3 is 3.05 bits per heavy atom. The fourth-order valence-corrected chi connectivity index (χ4v) is 2.59. The number of aromatic nitrogens is 3. The number of nitrogens with one attached hydrogen (secondary N) is 1. The summed E-state index contributed by atoms with van der Waals surface area (Å²) in [5.74, 6) is 1.50. The largest absolute Gasteiger partial charge is 0.444 e. The van der Waals surface area contributed by atoms with Gasteiger partial charge in [0.1, 0.15) is 12.3 Å². The highest BCUT2D eigenvalue weighted by atomic mass is 35.5. The number of fused-ring (bicyclic) bond motifs is 1. The molecule has 0 atom stereocenters. The molecule has 0 unspecified atom stereocenters. The summed E-state index contributed by atoms with van der Waals surface area (Å²) in [5.41, 5.74) is 1.80. The Balaban J connectivity index is 2.09. The van der Waals surface area contributed by atoms with Gasteiger partial charge in [-0.3, -0.25) is 0 Å². The molecule has 3 aromatic rings. The fourth-order valence-electron chi connectivity index (χ4n) is 2.05. The number of H-pyrrole nitrogens is 1. The number of benzene rings is 1. The van der Waals surface area contributed by atoms with Crippen LogP contribution < -0.4 is 0 Å². The monoisotopic (exact) mass is 293 g/mol. The van der Waals surface area contributed by atoms with E-state index in [-0.39, 0.29) is 0 Å². The zero-order chi connectivity index (χ0) is 13.4. The molecule has 4 nitrogen and oxygen atoms in total. The van der Waals surface area contributed by atoms with E-state index in [0.717, 1.165) is 23.2 Å². The maximum Gasteiger partial charge on any atom is 0.214 e. The summed E-state index contributed by atoms with van der Waals surface area (Å²) in [5, 5.41) is 0.659. The summed E-state index contributed by atoms with van der Waals surface area (Å²) in [6, 6.07) is 5.68. The van der Waals surface area contributed by atoms with Gasteiger partial charge in [-0.25, -0.2) is 4.98 Å². The van der Waals surface area contributed by atoms with Crippen LogP contribution in [0.4, 0.5) is 0 Å². The van der Waals surface area contributed by atoms with Crippen LogP contribution in [-0.2, 0) is 13.0 Å². The first kappa shape index (κ1) is 12.4. The van der Waals surface area contributed by atoms with Crippen LogP contribution in [0, 0.1) is 4.77 Å². The van der Waals surface area contributed by atoms with Gasteiger partial charge in [0.2, 0.25) is 5.89 Å². The van der Waals surface area contributed by atoms with Gasteiger partial charge in [-0.2, -0.15) is 0 Å². The van der Waals surface area contributed by atoms with Gasteiger partial charge in [0.15, 0.2) is 4.77 Å². The van der Waals surface area contributed by atoms with Crippen LogP contribution in [0.25, 0.3) is 11.0 Å². The van der Waals surface area contributed by atoms with Crippen molar-refractivity contribution in [3.8, 4) is 0 Å². The Morgan fingerprint density at radius 1 is 1.47 bits per heavy atom. The molecular formula is C13H12ClN3OS. The summed E-state index contributed by atoms with van der Waals surface area (Å²) in [7, 11) is 0. The Labute approximate surface area is 120 Å². The maximum atomic E-state index is 6.24. The second-order valence-corrected chi connectivity index (χ2v) is 5.02. The van der Waals surface area contributed by atoms with E-state index < -0.39 is 0 Å². The number of hydrogen-bond acceptors (Lipinski definition) is 3. The number of halogens is 1. The number of oxazole rings is 1. The van der Waals surface area contributed by atoms with Crippen molar-refractivity contribution in [2.45, 2.75) is 19.9 Å². The van der Waals surface area contributed by atoms with Crippen molar-refractivity contribution in [3.05, 3.63) is 45.8 Å². The number of aryl methyl sites for hydroxylation is 1. The molecule has 0 fully saturated rings. The van der Waals surface area contributed by atoms with Gasteiger partial charge in [0.05, 0.1) is 22.3 Å². The quantitative estimate of drug-likeness (QED) is 0.744. The average molecular weight is 294 g/mol. The standard InChI is InChI=1S/C13H12ClN3OS/c1-2-8-6-15-11(18-8)7-17-12-9(14)4-3-5-10(12)16-13(17)19/h3-6H,2,7H2,1H3,(H,16,19). The first-order chi connectivity index (χ1) is 9.19. The normalized spacial score (nSPS) is 11.3. The molecule has 0 radical (unpaired) electrons. The SMILES string of the molecule is CCc1cnc(Cn2c(=S)[nH]c3cccc(Cl)c32)o1. The van der Waals surface area contributed by atoms with E-state index in [1.54, 1.807) is 6.20 Å². The molecule has 0 aliphatic rings. The minimum atomic E-state index is 0.475. The molecule has 2 aromatic heterocycles. The average Bonchev–Trinajstić information content (AvgIpc) is 2.96. The van der Waals surface area contributed by atoms with Crippen molar-refractivity contribution in [1.82, 2.24) is 14.5 Å². The fraction of sp³-hybridized carbons (Fsp3) is 0.231. The molecule has 0 saturated heterocycles. The lowest BCUT2D eigenvalue weighted by Crippen LogP contribution is -2.00. The zero-order valence-corrected chi connectivity index (χ0v) is 11.9. The highest BCUT2D eigenvalue weighted by Crippen LogP contribution is 2.24. The molecule has 6 heteroatoms. The summed E-state index contributed by atoms with van der Waals surface area (Å²) in [6.07, 6.45) is 2.57. The van der Waals surface area contributed by atoms with Crippen molar-refractivity contribution in [1.29, 1.82) is 0 Å². The highest BCUT2D eigenvalue weighted by Gasteiger charge is 2.11. The topological polar surface area (TPSA) is 46.8 Å². The molecule has 0 spiro atoms. The lowest BCUT2D eigenvalue weighted by Gasteiger charge is -2.02. The van der Waals surface area contributed by atoms with Crippen LogP contribution in [-0.4, -0.2) is 14.5 Å². The predicted octanol–water partition coefficient (Wildman–Crippen LogP) is 3.95. The molecule has 0 bridgehead atoms. The third-order valence-corrected chi connectivity index (χ3v) is 3.61. The van der Waals surface area contributed by atoms with Crippen LogP contribution in [0.5, 0.6) is 0 Å². The molecule has 0 aliphatic heterocycles. The van der Waals surface area contributed by atoms with Gasteiger partial charge < -0.3 is 14.0 Å². The summed E-state index contributed by atoms with van der Waals surface area (Å²) >= 11 is 11.6. The van der Waals surface area contributed by atoms with Crippen LogP contribution >= 0.6 is 23.8 Å². The summed E-state index contributed by atoms with van der Waals surface area (Å²) in [4.78, 5) is 7.38. The number of para-hydroxylation sites is 1. The lowest BCUT2D eigenvalue weighted by molar-refractivity contribution is 0.447. The van der Waals surface area contributed by atoms with Crippen molar-refractivity contribution in [2.24, 2.45) is 0 Å². The van der Waals surface area contributed by atoms with Crippen LogP contribution in [0.2, 0.25) is 5.02 Å². The van der Waals surface area contributed by atoms with Gasteiger partial charge in [-0.15, -0.1) is 0 Å². The Morgan fingerprint density at radius 2 is 2.32 bits per heavy atom. The molecule has 3 rings (SSSR count). The van der Waals surface area contributed by atoms with E-state index in [4.69, 9.17) is 28.2 Å². The Bertz CT molecular complexity index is 787. The molecule has 2 heterocycles. The smallest absolute Gasteiger partial charge is 0.214 e. The number of aromatic amines is 1. The first-order valence-corrected chi connectivity index (χ1v) is 6.78. The van der Waals surface area contributed by atoms with Crippen LogP contribution in [0.1, 0.15) is 18.6 Å². The summed E-state index contributed by atoms with van der Waals surface area (Å²) in [6.45, 7) is 2.50. The van der Waals surface area contributed by atoms with E-state index in [2.05, 4.69) is 9.97 Å². The Hall–Kier alpha value is -1.59. The maximum absolute atomic E-state index is 6.24. The molecule has 0 saturated carbocycles. The van der Waals surface area contributed by atoms with Crippen molar-refractivity contribution < 1.29 is 4.42 Å². The second kappa shape index (κ2) is 4.83. The predicted molar refractivity (Wildman–Crippen MR) is 77.1 cm³/mol. The van der Waals surface area contributed by atoms with Crippen LogP contribution in [0.15, 0.2) is 28.8 Å². The van der Waals surface area contributed by atoms with Crippen molar-refractivity contribution >= 4 is 34.9 Å². The first-order valence-electron chi connectivity index (χ1n) is 5.99. The van der Waals surface area contributed by atoms with Gasteiger partial charge in [-0.1, -0.05) is 24.6 Å². The van der Waals surface area contributed by atoms with Crippen molar-refractivity contribution in [3.63, 3.8) is 0 Å². The molecule has 0 aliphatic carbocycles. The van der Waals surface area contributed by atoms with E-state index >= 15 is 0 Å². The molecule has 19 heavy (non-hydrogen) atoms.